The van der Waals surface area contributed by atoms with Crippen LogP contribution in [0.2, 0.25) is 0 Å². The quantitative estimate of drug-likeness (QED) is 0.183. The number of hydrogen-bond donors (Lipinski definition) is 0. The zero-order valence-corrected chi connectivity index (χ0v) is 26.4. The first-order valence-corrected chi connectivity index (χ1v) is 16.7. The lowest BCUT2D eigenvalue weighted by atomic mass is 9.85. The summed E-state index contributed by atoms with van der Waals surface area (Å²) in [6.45, 7) is 0. The van der Waals surface area contributed by atoms with E-state index >= 15 is 0 Å². The van der Waals surface area contributed by atoms with Crippen LogP contribution in [-0.4, -0.2) is 4.57 Å². The third-order valence-corrected chi connectivity index (χ3v) is 10.3. The van der Waals surface area contributed by atoms with Crippen LogP contribution in [0, 0.1) is 0 Å². The van der Waals surface area contributed by atoms with E-state index in [0.717, 1.165) is 44.2 Å². The smallest absolute Gasteiger partial charge is 0.178 e. The Morgan fingerprint density at radius 3 is 1.71 bits per heavy atom. The maximum atomic E-state index is 6.39. The van der Waals surface area contributed by atoms with Crippen molar-refractivity contribution in [2.24, 2.45) is 0 Å². The average molecular weight is 626 g/mol. The second kappa shape index (κ2) is 9.96. The molecule has 3 nitrogen and oxygen atoms in total. The van der Waals surface area contributed by atoms with Gasteiger partial charge in [-0.25, -0.2) is 0 Å². The summed E-state index contributed by atoms with van der Waals surface area (Å²) in [5.41, 5.74) is 10.6. The fourth-order valence-electron chi connectivity index (χ4n) is 8.18. The molecule has 228 valence electrons. The van der Waals surface area contributed by atoms with Crippen molar-refractivity contribution < 1.29 is 8.83 Å². The van der Waals surface area contributed by atoms with Gasteiger partial charge >= 0.3 is 0 Å². The second-order valence-corrected chi connectivity index (χ2v) is 12.8. The van der Waals surface area contributed by atoms with Crippen molar-refractivity contribution in [3.63, 3.8) is 0 Å². The van der Waals surface area contributed by atoms with Gasteiger partial charge in [-0.2, -0.15) is 0 Å². The highest BCUT2D eigenvalue weighted by molar-refractivity contribution is 6.25. The molecule has 11 aromatic rings. The van der Waals surface area contributed by atoms with E-state index in [1.54, 1.807) is 0 Å². The lowest BCUT2D eigenvalue weighted by molar-refractivity contribution is 0.601. The maximum Gasteiger partial charge on any atom is 0.178 e. The maximum absolute atomic E-state index is 6.39. The van der Waals surface area contributed by atoms with Crippen LogP contribution < -0.4 is 0 Å². The zero-order chi connectivity index (χ0) is 32.1. The van der Waals surface area contributed by atoms with Crippen molar-refractivity contribution in [1.82, 2.24) is 4.57 Å². The van der Waals surface area contributed by atoms with Crippen molar-refractivity contribution >= 4 is 76.3 Å². The molecular formula is C46H27NO2. The Bertz CT molecular complexity index is 3050. The molecule has 0 aliphatic heterocycles. The largest absolute Gasteiger partial charge is 0.460 e. The van der Waals surface area contributed by atoms with Crippen molar-refractivity contribution in [1.29, 1.82) is 0 Å². The second-order valence-electron chi connectivity index (χ2n) is 12.8. The summed E-state index contributed by atoms with van der Waals surface area (Å²) in [5.74, 6) is 0. The molecule has 3 heteroatoms. The molecule has 8 aromatic carbocycles. The van der Waals surface area contributed by atoms with Crippen LogP contribution in [0.1, 0.15) is 0 Å². The van der Waals surface area contributed by atoms with Gasteiger partial charge in [0.05, 0.1) is 17.3 Å². The van der Waals surface area contributed by atoms with Crippen LogP contribution in [0.4, 0.5) is 0 Å². The molecule has 0 aliphatic carbocycles. The highest BCUT2D eigenvalue weighted by Gasteiger charge is 2.22. The number of rotatable bonds is 3. The first kappa shape index (κ1) is 26.5. The fourth-order valence-corrected chi connectivity index (χ4v) is 8.18. The van der Waals surface area contributed by atoms with Crippen LogP contribution >= 0.6 is 0 Å². The van der Waals surface area contributed by atoms with Gasteiger partial charge in [0.1, 0.15) is 5.58 Å². The molecule has 0 N–H and O–H groups in total. The monoisotopic (exact) mass is 625 g/mol. The number of nitrogens with zero attached hydrogens (tertiary/aromatic N) is 1. The molecule has 0 spiro atoms. The van der Waals surface area contributed by atoms with Gasteiger partial charge in [0.15, 0.2) is 11.2 Å². The van der Waals surface area contributed by atoms with E-state index < -0.39 is 0 Å². The number of furan rings is 2. The third kappa shape index (κ3) is 3.67. The van der Waals surface area contributed by atoms with Crippen LogP contribution in [-0.2, 0) is 0 Å². The molecule has 0 saturated heterocycles. The van der Waals surface area contributed by atoms with E-state index in [1.807, 2.05) is 24.5 Å². The normalized spacial score (nSPS) is 12.1. The predicted molar refractivity (Wildman–Crippen MR) is 204 cm³/mol. The van der Waals surface area contributed by atoms with E-state index in [2.05, 4.69) is 144 Å². The number of aromatic nitrogens is 1. The molecule has 11 rings (SSSR count). The molecule has 0 amide bonds. The van der Waals surface area contributed by atoms with E-state index in [4.69, 9.17) is 8.83 Å². The Balaban J connectivity index is 1.21. The fraction of sp³-hybridized carbons (Fsp3) is 0. The summed E-state index contributed by atoms with van der Waals surface area (Å²) in [6, 6.07) is 56.5. The van der Waals surface area contributed by atoms with E-state index in [1.165, 1.54) is 60.0 Å². The highest BCUT2D eigenvalue weighted by atomic mass is 16.4. The van der Waals surface area contributed by atoms with Crippen molar-refractivity contribution in [3.05, 3.63) is 164 Å². The zero-order valence-electron chi connectivity index (χ0n) is 26.4. The van der Waals surface area contributed by atoms with Gasteiger partial charge in [0.2, 0.25) is 0 Å². The van der Waals surface area contributed by atoms with Crippen LogP contribution in [0.25, 0.3) is 104 Å². The van der Waals surface area contributed by atoms with Crippen LogP contribution in [0.15, 0.2) is 173 Å². The van der Waals surface area contributed by atoms with Gasteiger partial charge in [-0.05, 0) is 75.1 Å². The summed E-state index contributed by atoms with van der Waals surface area (Å²) in [6.07, 6.45) is 1.91. The molecule has 0 saturated carbocycles. The predicted octanol–water partition coefficient (Wildman–Crippen LogP) is 13.1. The molecule has 0 unspecified atom stereocenters. The molecule has 0 fully saturated rings. The molecule has 3 aromatic heterocycles. The molecule has 0 aliphatic rings. The minimum absolute atomic E-state index is 0.778. The topological polar surface area (TPSA) is 31.2 Å². The van der Waals surface area contributed by atoms with Crippen molar-refractivity contribution in [2.45, 2.75) is 0 Å². The average Bonchev–Trinajstić information content (AvgIpc) is 3.86. The first-order chi connectivity index (χ1) is 24.3. The van der Waals surface area contributed by atoms with E-state index in [9.17, 15) is 0 Å². The van der Waals surface area contributed by atoms with Crippen LogP contribution in [0.3, 0.4) is 0 Å². The van der Waals surface area contributed by atoms with Gasteiger partial charge in [-0.15, -0.1) is 0 Å². The lowest BCUT2D eigenvalue weighted by Gasteiger charge is -2.17. The Labute approximate surface area is 280 Å². The highest BCUT2D eigenvalue weighted by Crippen LogP contribution is 2.48. The molecule has 0 atom stereocenters. The van der Waals surface area contributed by atoms with Crippen molar-refractivity contribution in [2.75, 3.05) is 0 Å². The molecule has 0 bridgehead atoms. The number of hydrogen-bond acceptors (Lipinski definition) is 2. The molecule has 0 radical (unpaired) electrons. The Morgan fingerprint density at radius 1 is 0.388 bits per heavy atom. The molecule has 49 heavy (non-hydrogen) atoms. The Kier molecular flexibility index (Phi) is 5.38. The number of benzene rings is 8. The van der Waals surface area contributed by atoms with Crippen LogP contribution in [0.5, 0.6) is 0 Å². The Hall–Kier alpha value is -6.58. The van der Waals surface area contributed by atoms with Gasteiger partial charge in [-0.3, -0.25) is 0 Å². The summed E-state index contributed by atoms with van der Waals surface area (Å²) in [5, 5.41) is 10.5. The summed E-state index contributed by atoms with van der Waals surface area (Å²) in [7, 11) is 0. The molecule has 3 heterocycles. The van der Waals surface area contributed by atoms with E-state index in [0.29, 0.717) is 0 Å². The minimum Gasteiger partial charge on any atom is -0.460 e. The SMILES string of the molecule is c1ccc(-n2c3ccccc3c3ccc(-c4c5ccccc5c(-c5coc6c5ccc5c7ccccc7oc56)c5ccccc45)cc32)cc1. The van der Waals surface area contributed by atoms with Gasteiger partial charge < -0.3 is 13.4 Å². The first-order valence-electron chi connectivity index (χ1n) is 16.7. The lowest BCUT2D eigenvalue weighted by Crippen LogP contribution is -1.94. The minimum atomic E-state index is 0.778. The number of fused-ring (bicyclic) bond motifs is 10. The van der Waals surface area contributed by atoms with Gasteiger partial charge in [-0.1, -0.05) is 115 Å². The standard InChI is InChI=1S/C46H27NO2/c1-2-12-29(13-3-1)47-40-20-10-8-14-30(40)31-23-22-28(26-41(31)47)43-33-16-4-6-18-35(33)44(36-19-7-5-17-34(36)43)39-27-48-45-38(39)25-24-37-32-15-9-11-21-42(32)49-46(37)45/h1-27H. The number of para-hydroxylation sites is 3. The summed E-state index contributed by atoms with van der Waals surface area (Å²) >= 11 is 0. The third-order valence-electron chi connectivity index (χ3n) is 10.3. The van der Waals surface area contributed by atoms with Gasteiger partial charge in [0.25, 0.3) is 0 Å². The summed E-state index contributed by atoms with van der Waals surface area (Å²) in [4.78, 5) is 0. The van der Waals surface area contributed by atoms with E-state index in [-0.39, 0.29) is 0 Å². The van der Waals surface area contributed by atoms with Crippen molar-refractivity contribution in [3.8, 4) is 27.9 Å². The molecular weight excluding hydrogens is 599 g/mol. The Morgan fingerprint density at radius 2 is 0.959 bits per heavy atom. The summed E-state index contributed by atoms with van der Waals surface area (Å²) < 4.78 is 15.2. The van der Waals surface area contributed by atoms with Gasteiger partial charge in [0, 0.05) is 43.7 Å².